The lowest BCUT2D eigenvalue weighted by molar-refractivity contribution is 0.0540. The zero-order chi connectivity index (χ0) is 17.5. The van der Waals surface area contributed by atoms with Gasteiger partial charge in [0.2, 0.25) is 0 Å². The number of piperazine rings is 1. The maximum atomic E-state index is 12.5. The number of nitrogens with zero attached hydrogens (tertiary/aromatic N) is 4. The number of hydrogen-bond acceptors (Lipinski definition) is 5. The minimum absolute atomic E-state index is 0.380. The Kier molecular flexibility index (Phi) is 4.25. The molecule has 0 unspecified atom stereocenters. The Morgan fingerprint density at radius 3 is 2.46 bits per heavy atom. The predicted molar refractivity (Wildman–Crippen MR) is 95.8 cm³/mol. The van der Waals surface area contributed by atoms with Crippen molar-refractivity contribution < 1.29 is 9.53 Å². The first kappa shape index (κ1) is 16.8. The fourth-order valence-corrected chi connectivity index (χ4v) is 2.99. The normalized spacial score (nSPS) is 16.6. The number of carbonyl (C=O) groups excluding carboxylic acids is 1. The van der Waals surface area contributed by atoms with Crippen molar-refractivity contribution in [3.8, 4) is 0 Å². The summed E-state index contributed by atoms with van der Waals surface area (Å²) in [4.78, 5) is 21.7. The fraction of sp³-hybridized carbons (Fsp3) is 0.556. The van der Waals surface area contributed by atoms with Crippen molar-refractivity contribution >= 4 is 22.8 Å². The van der Waals surface area contributed by atoms with Crippen LogP contribution in [0.3, 0.4) is 0 Å². The zero-order valence-corrected chi connectivity index (χ0v) is 15.2. The summed E-state index contributed by atoms with van der Waals surface area (Å²) in [5.41, 5.74) is 2.25. The minimum Gasteiger partial charge on any atom is -0.443 e. The maximum Gasteiger partial charge on any atom is 0.420 e. The third-order valence-electron chi connectivity index (χ3n) is 4.25. The summed E-state index contributed by atoms with van der Waals surface area (Å²) in [5, 5.41) is 0. The van der Waals surface area contributed by atoms with Crippen molar-refractivity contribution in [1.29, 1.82) is 0 Å². The molecule has 1 aromatic heterocycles. The van der Waals surface area contributed by atoms with Gasteiger partial charge in [-0.3, -0.25) is 0 Å². The van der Waals surface area contributed by atoms with Gasteiger partial charge < -0.3 is 14.5 Å². The van der Waals surface area contributed by atoms with Gasteiger partial charge in [0.05, 0.1) is 11.0 Å². The highest BCUT2D eigenvalue weighted by atomic mass is 16.6. The molecule has 1 fully saturated rings. The molecule has 130 valence electrons. The minimum atomic E-state index is -0.528. The molecule has 0 amide bonds. The molecule has 1 aromatic carbocycles. The molecule has 1 aliphatic heterocycles. The van der Waals surface area contributed by atoms with Crippen molar-refractivity contribution in [3.63, 3.8) is 0 Å². The Morgan fingerprint density at radius 1 is 1.17 bits per heavy atom. The monoisotopic (exact) mass is 330 g/mol. The van der Waals surface area contributed by atoms with Crippen LogP contribution >= 0.6 is 0 Å². The van der Waals surface area contributed by atoms with E-state index in [1.807, 2.05) is 33.8 Å². The van der Waals surface area contributed by atoms with Crippen molar-refractivity contribution in [3.05, 3.63) is 24.0 Å². The molecular formula is C18H26N4O2. The number of carbonyl (C=O) groups is 1. The van der Waals surface area contributed by atoms with E-state index >= 15 is 0 Å². The molecule has 3 rings (SSSR count). The molecule has 1 aliphatic rings. The van der Waals surface area contributed by atoms with Crippen LogP contribution in [-0.2, 0) is 4.74 Å². The van der Waals surface area contributed by atoms with Crippen LogP contribution in [0.15, 0.2) is 18.2 Å². The first-order valence-electron chi connectivity index (χ1n) is 8.40. The molecule has 0 atom stereocenters. The number of ether oxygens (including phenoxy) is 1. The van der Waals surface area contributed by atoms with Gasteiger partial charge in [0.15, 0.2) is 0 Å². The van der Waals surface area contributed by atoms with Crippen molar-refractivity contribution in [1.82, 2.24) is 14.5 Å². The van der Waals surface area contributed by atoms with E-state index in [-0.39, 0.29) is 6.09 Å². The van der Waals surface area contributed by atoms with Crippen molar-refractivity contribution in [2.45, 2.75) is 33.3 Å². The second-order valence-electron chi connectivity index (χ2n) is 7.44. The van der Waals surface area contributed by atoms with Gasteiger partial charge in [-0.1, -0.05) is 0 Å². The largest absolute Gasteiger partial charge is 0.443 e. The highest BCUT2D eigenvalue weighted by molar-refractivity contribution is 5.89. The molecule has 0 radical (unpaired) electrons. The Hall–Kier alpha value is -2.08. The van der Waals surface area contributed by atoms with Crippen LogP contribution in [0.4, 0.5) is 10.5 Å². The fourth-order valence-electron chi connectivity index (χ4n) is 2.99. The molecule has 6 nitrogen and oxygen atoms in total. The van der Waals surface area contributed by atoms with E-state index in [0.717, 1.165) is 42.9 Å². The quantitative estimate of drug-likeness (QED) is 0.805. The standard InChI is InChI=1S/C18H26N4O2/c1-13-19-15-12-14(21-10-8-20(5)9-11-21)6-7-16(15)22(13)17(23)24-18(2,3)4/h6-7,12H,8-11H2,1-5H3. The van der Waals surface area contributed by atoms with E-state index in [9.17, 15) is 4.79 Å². The van der Waals surface area contributed by atoms with Gasteiger partial charge in [0.25, 0.3) is 0 Å². The summed E-state index contributed by atoms with van der Waals surface area (Å²) >= 11 is 0. The van der Waals surface area contributed by atoms with Crippen LogP contribution in [0.1, 0.15) is 26.6 Å². The number of anilines is 1. The Morgan fingerprint density at radius 2 is 1.83 bits per heavy atom. The molecule has 0 saturated carbocycles. The first-order valence-corrected chi connectivity index (χ1v) is 8.40. The lowest BCUT2D eigenvalue weighted by Crippen LogP contribution is -2.44. The number of imidazole rings is 1. The van der Waals surface area contributed by atoms with Gasteiger partial charge in [0.1, 0.15) is 11.4 Å². The summed E-state index contributed by atoms with van der Waals surface area (Å²) in [6.07, 6.45) is -0.380. The molecule has 0 aliphatic carbocycles. The Balaban J connectivity index is 1.91. The smallest absolute Gasteiger partial charge is 0.420 e. The number of likely N-dealkylation sites (N-methyl/N-ethyl adjacent to an activating group) is 1. The first-order chi connectivity index (χ1) is 11.2. The lowest BCUT2D eigenvalue weighted by atomic mass is 10.2. The molecular weight excluding hydrogens is 304 g/mol. The average molecular weight is 330 g/mol. The Labute approximate surface area is 143 Å². The van der Waals surface area contributed by atoms with Crippen molar-refractivity contribution in [2.24, 2.45) is 0 Å². The van der Waals surface area contributed by atoms with Gasteiger partial charge in [-0.15, -0.1) is 0 Å². The molecule has 0 N–H and O–H groups in total. The van der Waals surface area contributed by atoms with E-state index in [2.05, 4.69) is 34.0 Å². The van der Waals surface area contributed by atoms with Crippen LogP contribution in [0.25, 0.3) is 11.0 Å². The number of aryl methyl sites for hydroxylation is 1. The van der Waals surface area contributed by atoms with E-state index in [1.165, 1.54) is 0 Å². The number of rotatable bonds is 1. The summed E-state index contributed by atoms with van der Waals surface area (Å²) in [7, 11) is 2.15. The molecule has 2 heterocycles. The summed E-state index contributed by atoms with van der Waals surface area (Å²) in [5.74, 6) is 0.648. The maximum absolute atomic E-state index is 12.5. The molecule has 2 aromatic rings. The van der Waals surface area contributed by atoms with E-state index in [4.69, 9.17) is 4.74 Å². The van der Waals surface area contributed by atoms with Gasteiger partial charge in [0, 0.05) is 31.9 Å². The van der Waals surface area contributed by atoms with E-state index in [0.29, 0.717) is 5.82 Å². The summed E-state index contributed by atoms with van der Waals surface area (Å²) in [6.45, 7) is 11.6. The number of aromatic nitrogens is 2. The van der Waals surface area contributed by atoms with Gasteiger partial charge in [-0.2, -0.15) is 0 Å². The van der Waals surface area contributed by atoms with Crippen LogP contribution in [0.2, 0.25) is 0 Å². The number of benzene rings is 1. The second-order valence-corrected chi connectivity index (χ2v) is 7.44. The molecule has 0 bridgehead atoms. The molecule has 0 spiro atoms. The summed E-state index contributed by atoms with van der Waals surface area (Å²) in [6, 6.07) is 6.09. The highest BCUT2D eigenvalue weighted by Gasteiger charge is 2.22. The lowest BCUT2D eigenvalue weighted by Gasteiger charge is -2.34. The summed E-state index contributed by atoms with van der Waals surface area (Å²) < 4.78 is 7.05. The van der Waals surface area contributed by atoms with Crippen LogP contribution in [0, 0.1) is 6.92 Å². The van der Waals surface area contributed by atoms with Gasteiger partial charge in [-0.25, -0.2) is 14.3 Å². The second kappa shape index (κ2) is 6.09. The average Bonchev–Trinajstić information content (AvgIpc) is 2.81. The van der Waals surface area contributed by atoms with Gasteiger partial charge in [-0.05, 0) is 52.9 Å². The third-order valence-corrected chi connectivity index (χ3v) is 4.25. The zero-order valence-electron chi connectivity index (χ0n) is 15.2. The van der Waals surface area contributed by atoms with Gasteiger partial charge >= 0.3 is 6.09 Å². The van der Waals surface area contributed by atoms with Crippen molar-refractivity contribution in [2.75, 3.05) is 38.1 Å². The SMILES string of the molecule is Cc1nc2cc(N3CCN(C)CC3)ccc2n1C(=O)OC(C)(C)C. The van der Waals surface area contributed by atoms with E-state index < -0.39 is 5.60 Å². The van der Waals surface area contributed by atoms with Crippen LogP contribution in [-0.4, -0.2) is 59.4 Å². The Bertz CT molecular complexity index is 752. The molecule has 24 heavy (non-hydrogen) atoms. The number of hydrogen-bond donors (Lipinski definition) is 0. The molecule has 6 heteroatoms. The van der Waals surface area contributed by atoms with Crippen LogP contribution < -0.4 is 4.90 Å². The van der Waals surface area contributed by atoms with Crippen LogP contribution in [0.5, 0.6) is 0 Å². The topological polar surface area (TPSA) is 50.6 Å². The molecule has 1 saturated heterocycles. The number of fused-ring (bicyclic) bond motifs is 1. The highest BCUT2D eigenvalue weighted by Crippen LogP contribution is 2.24. The predicted octanol–water partition coefficient (Wildman–Crippen LogP) is 2.88. The van der Waals surface area contributed by atoms with E-state index in [1.54, 1.807) is 4.57 Å². The third kappa shape index (κ3) is 3.38.